The Morgan fingerprint density at radius 1 is 1.15 bits per heavy atom. The van der Waals surface area contributed by atoms with Gasteiger partial charge in [0.2, 0.25) is 5.52 Å². The molecule has 6 nitrogen and oxygen atoms in total. The van der Waals surface area contributed by atoms with Gasteiger partial charge in [-0.15, -0.1) is 0 Å². The monoisotopic (exact) mass is 582 g/mol. The number of aryl methyl sites for hydroxylation is 1. The number of thioether (sulfide) groups is 1. The lowest BCUT2D eigenvalue weighted by molar-refractivity contribution is -0.668. The van der Waals surface area contributed by atoms with E-state index in [1.807, 2.05) is 18.2 Å². The van der Waals surface area contributed by atoms with E-state index in [-0.39, 0.29) is 11.2 Å². The highest BCUT2D eigenvalue weighted by Crippen LogP contribution is 2.49. The van der Waals surface area contributed by atoms with Gasteiger partial charge in [-0.2, -0.15) is 4.57 Å². The van der Waals surface area contributed by atoms with Crippen LogP contribution in [0.25, 0.3) is 16.3 Å². The molecule has 1 aliphatic heterocycles. The lowest BCUT2D eigenvalue weighted by Gasteiger charge is -2.31. The molecule has 206 valence electrons. The van der Waals surface area contributed by atoms with Crippen molar-refractivity contribution in [2.24, 2.45) is 5.41 Å². The second-order valence-electron chi connectivity index (χ2n) is 10.8. The second-order valence-corrected chi connectivity index (χ2v) is 14.4. The number of benzene rings is 2. The van der Waals surface area contributed by atoms with Gasteiger partial charge in [0.1, 0.15) is 10.4 Å². The number of rotatable bonds is 8. The molecule has 0 N–H and O–H groups in total. The van der Waals surface area contributed by atoms with Crippen LogP contribution >= 0.6 is 23.1 Å². The highest BCUT2D eigenvalue weighted by atomic mass is 32.2. The molecule has 0 unspecified atom stereocenters. The van der Waals surface area contributed by atoms with Crippen molar-refractivity contribution < 1.29 is 22.3 Å². The van der Waals surface area contributed by atoms with Crippen LogP contribution in [-0.2, 0) is 16.7 Å². The number of nitrogens with zero attached hydrogens (tertiary/aromatic N) is 2. The zero-order valence-electron chi connectivity index (χ0n) is 22.8. The van der Waals surface area contributed by atoms with Gasteiger partial charge in [-0.05, 0) is 60.6 Å². The third kappa shape index (κ3) is 6.43. The summed E-state index contributed by atoms with van der Waals surface area (Å²) in [5.74, 6) is 0.506. The fourth-order valence-electron chi connectivity index (χ4n) is 5.44. The summed E-state index contributed by atoms with van der Waals surface area (Å²) in [5.41, 5.74) is 4.89. The molecule has 0 atom stereocenters. The lowest BCUT2D eigenvalue weighted by Crippen LogP contribution is -2.36. The fraction of sp³-hybridized carbons (Fsp3) is 0.367. The van der Waals surface area contributed by atoms with Gasteiger partial charge < -0.3 is 14.2 Å². The smallest absolute Gasteiger partial charge is 0.263 e. The first-order valence-electron chi connectivity index (χ1n) is 13.2. The van der Waals surface area contributed by atoms with Crippen molar-refractivity contribution in [1.82, 2.24) is 0 Å². The van der Waals surface area contributed by atoms with E-state index in [0.717, 1.165) is 40.4 Å². The Labute approximate surface area is 239 Å². The topological polar surface area (TPSA) is 73.6 Å². The van der Waals surface area contributed by atoms with Gasteiger partial charge >= 0.3 is 0 Å². The van der Waals surface area contributed by atoms with Gasteiger partial charge in [0, 0.05) is 41.8 Å². The zero-order valence-corrected chi connectivity index (χ0v) is 25.2. The summed E-state index contributed by atoms with van der Waals surface area (Å²) in [5, 5.41) is 2.29. The lowest BCUT2D eigenvalue weighted by atomic mass is 9.75. The Hall–Kier alpha value is -2.59. The van der Waals surface area contributed by atoms with Crippen LogP contribution in [0, 0.1) is 5.41 Å². The van der Waals surface area contributed by atoms with E-state index in [0.29, 0.717) is 13.0 Å². The summed E-state index contributed by atoms with van der Waals surface area (Å²) in [4.78, 5) is 3.58. The number of hydrogen-bond donors (Lipinski definition) is 0. The van der Waals surface area contributed by atoms with Gasteiger partial charge in [0.25, 0.3) is 5.01 Å². The van der Waals surface area contributed by atoms with E-state index < -0.39 is 10.1 Å². The molecule has 0 fully saturated rings. The molecule has 0 spiro atoms. The van der Waals surface area contributed by atoms with Crippen molar-refractivity contribution >= 4 is 55.2 Å². The first kappa shape index (κ1) is 28.0. The van der Waals surface area contributed by atoms with Crippen molar-refractivity contribution in [2.75, 3.05) is 24.3 Å². The summed E-state index contributed by atoms with van der Waals surface area (Å²) >= 11 is 3.50. The standard InChI is InChI=1S/C30H34N2O4S3/c1-5-31-25-18-23(36-4)11-12-27(25)38-28(31)16-21-15-22(20-30(2,3)19-21)17-29-32(13-8-14-39(33,34)35)24-9-6-7-10-26(24)37-29/h6-7,9-12,15-18H,5,8,13-14,19-20H2,1-4H3. The molecule has 2 heterocycles. The first-order valence-corrected chi connectivity index (χ1v) is 16.4. The Balaban J connectivity index is 1.50. The number of para-hydroxylation sites is 1. The summed E-state index contributed by atoms with van der Waals surface area (Å²) < 4.78 is 42.4. The molecule has 0 bridgehead atoms. The van der Waals surface area contributed by atoms with E-state index in [9.17, 15) is 13.0 Å². The predicted molar refractivity (Wildman–Crippen MR) is 160 cm³/mol. The maximum atomic E-state index is 11.2. The number of methoxy groups -OCH3 is 1. The van der Waals surface area contributed by atoms with E-state index in [2.05, 4.69) is 72.7 Å². The third-order valence-corrected chi connectivity index (χ3v) is 10.0. The highest BCUT2D eigenvalue weighted by molar-refractivity contribution is 8.03. The number of fused-ring (bicyclic) bond motifs is 2. The van der Waals surface area contributed by atoms with E-state index in [4.69, 9.17) is 4.74 Å². The largest absolute Gasteiger partial charge is 0.748 e. The molecule has 0 saturated heterocycles. The number of allylic oxidation sites excluding steroid dienone is 4. The normalized spacial score (nSPS) is 19.1. The summed E-state index contributed by atoms with van der Waals surface area (Å²) in [7, 11) is -2.54. The Kier molecular flexibility index (Phi) is 7.97. The molecule has 3 aromatic rings. The van der Waals surface area contributed by atoms with E-state index >= 15 is 0 Å². The molecule has 1 aromatic heterocycles. The van der Waals surface area contributed by atoms with Crippen molar-refractivity contribution in [3.63, 3.8) is 0 Å². The van der Waals surface area contributed by atoms with Crippen LogP contribution < -0.4 is 14.2 Å². The number of anilines is 1. The van der Waals surface area contributed by atoms with Crippen LogP contribution in [0.1, 0.15) is 45.0 Å². The van der Waals surface area contributed by atoms with Crippen molar-refractivity contribution in [3.05, 3.63) is 75.8 Å². The third-order valence-electron chi connectivity index (χ3n) is 7.02. The Morgan fingerprint density at radius 2 is 1.95 bits per heavy atom. The average molecular weight is 583 g/mol. The fourth-order valence-corrected chi connectivity index (χ4v) is 8.27. The van der Waals surface area contributed by atoms with Crippen LogP contribution in [0.15, 0.2) is 75.7 Å². The summed E-state index contributed by atoms with van der Waals surface area (Å²) in [6.07, 6.45) is 9.11. The Morgan fingerprint density at radius 3 is 2.69 bits per heavy atom. The van der Waals surface area contributed by atoms with Gasteiger partial charge in [0.15, 0.2) is 6.54 Å². The molecule has 0 amide bonds. The minimum absolute atomic E-state index is 0.0987. The molecule has 9 heteroatoms. The minimum Gasteiger partial charge on any atom is -0.748 e. The summed E-state index contributed by atoms with van der Waals surface area (Å²) in [6, 6.07) is 14.4. The second kappa shape index (κ2) is 11.1. The van der Waals surface area contributed by atoms with Gasteiger partial charge in [-0.25, -0.2) is 8.42 Å². The minimum atomic E-state index is -4.24. The molecule has 5 rings (SSSR count). The van der Waals surface area contributed by atoms with Crippen molar-refractivity contribution in [1.29, 1.82) is 0 Å². The van der Waals surface area contributed by atoms with Crippen LogP contribution in [0.5, 0.6) is 5.75 Å². The number of hydrogen-bond acceptors (Lipinski definition) is 7. The first-order chi connectivity index (χ1) is 18.5. The average Bonchev–Trinajstić information content (AvgIpc) is 3.38. The van der Waals surface area contributed by atoms with Crippen molar-refractivity contribution in [2.45, 2.75) is 51.5 Å². The van der Waals surface area contributed by atoms with Crippen molar-refractivity contribution in [3.8, 4) is 5.75 Å². The number of thiazole rings is 1. The SMILES string of the molecule is CCN1C(=CC2=CC(=Cc3sc4ccccc4[n+]3CCCS(=O)(=O)[O-])CC(C)(C)C2)Sc2ccc(OC)cc21. The van der Waals surface area contributed by atoms with Gasteiger partial charge in [0.05, 0.1) is 27.9 Å². The molecular weight excluding hydrogens is 549 g/mol. The van der Waals surface area contributed by atoms with E-state index in [1.165, 1.54) is 26.8 Å². The molecule has 0 radical (unpaired) electrons. The maximum Gasteiger partial charge on any atom is 0.263 e. The molecule has 1 aliphatic carbocycles. The highest BCUT2D eigenvalue weighted by Gasteiger charge is 2.29. The molecule has 2 aromatic carbocycles. The number of ether oxygens (including phenoxy) is 1. The molecule has 0 saturated carbocycles. The molecular formula is C30H34N2O4S3. The predicted octanol–water partition coefficient (Wildman–Crippen LogP) is 6.74. The molecule has 2 aliphatic rings. The van der Waals surface area contributed by atoms with E-state index in [1.54, 1.807) is 30.2 Å². The van der Waals surface area contributed by atoms with Crippen LogP contribution in [-0.4, -0.2) is 32.4 Å². The summed E-state index contributed by atoms with van der Waals surface area (Å²) in [6.45, 7) is 8.15. The van der Waals surface area contributed by atoms with Gasteiger partial charge in [-0.3, -0.25) is 0 Å². The maximum absolute atomic E-state index is 11.2. The number of aromatic nitrogens is 1. The van der Waals surface area contributed by atoms with Gasteiger partial charge in [-0.1, -0.05) is 55.2 Å². The Bertz CT molecular complexity index is 1600. The zero-order chi connectivity index (χ0) is 27.8. The van der Waals surface area contributed by atoms with Crippen LogP contribution in [0.3, 0.4) is 0 Å². The molecule has 39 heavy (non-hydrogen) atoms. The van der Waals surface area contributed by atoms with Crippen LogP contribution in [0.2, 0.25) is 0 Å². The van der Waals surface area contributed by atoms with Crippen LogP contribution in [0.4, 0.5) is 5.69 Å². The quantitative estimate of drug-likeness (QED) is 0.216.